The van der Waals surface area contributed by atoms with Gasteiger partial charge in [0.25, 0.3) is 5.91 Å². The molecule has 0 aliphatic carbocycles. The highest BCUT2D eigenvalue weighted by atomic mass is 35.5. The number of rotatable bonds is 10. The average Bonchev–Trinajstić information content (AvgIpc) is 2.94. The van der Waals surface area contributed by atoms with E-state index in [0.717, 1.165) is 5.69 Å². The largest absolute Gasteiger partial charge is 0.383 e. The Morgan fingerprint density at radius 2 is 1.96 bits per heavy atom. The Hall–Kier alpha value is -1.24. The molecule has 0 atom stereocenters. The number of nitrogens with zero attached hydrogens (tertiary/aromatic N) is 3. The molecule has 142 valence electrons. The maximum Gasteiger partial charge on any atom is 0.256 e. The second-order valence-electron chi connectivity index (χ2n) is 6.33. The van der Waals surface area contributed by atoms with E-state index in [1.165, 1.54) is 4.90 Å². The number of ether oxygens (including phenoxy) is 1. The van der Waals surface area contributed by atoms with Gasteiger partial charge in [-0.3, -0.25) is 9.59 Å². The summed E-state index contributed by atoms with van der Waals surface area (Å²) < 4.78 is 7.06. The van der Waals surface area contributed by atoms with Gasteiger partial charge < -0.3 is 19.1 Å². The highest BCUT2D eigenvalue weighted by Gasteiger charge is 2.25. The van der Waals surface area contributed by atoms with Gasteiger partial charge >= 0.3 is 0 Å². The van der Waals surface area contributed by atoms with Gasteiger partial charge in [-0.15, -0.1) is 0 Å². The summed E-state index contributed by atoms with van der Waals surface area (Å²) in [5.74, 6) is -0.415. The number of aromatic nitrogens is 1. The summed E-state index contributed by atoms with van der Waals surface area (Å²) >= 11 is 11.4. The third kappa shape index (κ3) is 7.26. The van der Waals surface area contributed by atoms with Gasteiger partial charge in [0.2, 0.25) is 5.91 Å². The zero-order valence-electron chi connectivity index (χ0n) is 15.2. The fourth-order valence-electron chi connectivity index (χ4n) is 2.42. The predicted molar refractivity (Wildman–Crippen MR) is 99.6 cm³/mol. The Morgan fingerprint density at radius 3 is 2.44 bits per heavy atom. The first-order valence-corrected chi connectivity index (χ1v) is 9.07. The second-order valence-corrected chi connectivity index (χ2v) is 7.43. The van der Waals surface area contributed by atoms with Gasteiger partial charge in [-0.25, -0.2) is 0 Å². The summed E-state index contributed by atoms with van der Waals surface area (Å²) in [5.41, 5.74) is 0.999. The van der Waals surface area contributed by atoms with Crippen molar-refractivity contribution in [1.82, 2.24) is 14.4 Å². The van der Waals surface area contributed by atoms with E-state index in [9.17, 15) is 9.59 Å². The smallest absolute Gasteiger partial charge is 0.256 e. The van der Waals surface area contributed by atoms with Gasteiger partial charge in [0.15, 0.2) is 4.84 Å². The number of hydrogen-bond acceptors (Lipinski definition) is 3. The van der Waals surface area contributed by atoms with Crippen LogP contribution in [0.1, 0.15) is 19.5 Å². The van der Waals surface area contributed by atoms with E-state index in [-0.39, 0.29) is 18.4 Å². The van der Waals surface area contributed by atoms with Crippen molar-refractivity contribution >= 4 is 35.0 Å². The Morgan fingerprint density at radius 1 is 1.28 bits per heavy atom. The summed E-state index contributed by atoms with van der Waals surface area (Å²) in [6.45, 7) is 5.60. The minimum absolute atomic E-state index is 0.0545. The number of aryl methyl sites for hydroxylation is 1. The molecule has 1 aromatic rings. The van der Waals surface area contributed by atoms with Crippen LogP contribution in [0.15, 0.2) is 18.3 Å². The molecule has 2 amide bonds. The second kappa shape index (κ2) is 10.7. The van der Waals surface area contributed by atoms with Gasteiger partial charge in [-0.2, -0.15) is 0 Å². The maximum atomic E-state index is 12.8. The van der Waals surface area contributed by atoms with Crippen molar-refractivity contribution in [3.8, 4) is 0 Å². The van der Waals surface area contributed by atoms with E-state index >= 15 is 0 Å². The zero-order valence-corrected chi connectivity index (χ0v) is 16.8. The van der Waals surface area contributed by atoms with E-state index < -0.39 is 10.7 Å². The molecule has 0 aliphatic rings. The summed E-state index contributed by atoms with van der Waals surface area (Å²) in [4.78, 5) is 26.9. The highest BCUT2D eigenvalue weighted by Crippen LogP contribution is 2.11. The van der Waals surface area contributed by atoms with E-state index in [4.69, 9.17) is 27.9 Å². The lowest BCUT2D eigenvalue weighted by atomic mass is 10.2. The molecular weight excluding hydrogens is 365 g/mol. The van der Waals surface area contributed by atoms with Crippen molar-refractivity contribution in [3.05, 3.63) is 24.0 Å². The Kier molecular flexibility index (Phi) is 9.32. The molecular formula is C17H27Cl2N3O3. The van der Waals surface area contributed by atoms with Crippen LogP contribution in [0.2, 0.25) is 0 Å². The van der Waals surface area contributed by atoms with Crippen LogP contribution in [0.3, 0.4) is 0 Å². The summed E-state index contributed by atoms with van der Waals surface area (Å²) in [7, 11) is 3.51. The normalized spacial score (nSPS) is 11.2. The van der Waals surface area contributed by atoms with Gasteiger partial charge in [0.1, 0.15) is 0 Å². The average molecular weight is 392 g/mol. The lowest BCUT2D eigenvalue weighted by Gasteiger charge is -2.29. The van der Waals surface area contributed by atoms with Crippen molar-refractivity contribution in [3.63, 3.8) is 0 Å². The van der Waals surface area contributed by atoms with Crippen LogP contribution in [0.4, 0.5) is 0 Å². The first-order valence-electron chi connectivity index (χ1n) is 8.20. The van der Waals surface area contributed by atoms with Crippen molar-refractivity contribution in [2.75, 3.05) is 33.4 Å². The maximum absolute atomic E-state index is 12.8. The number of methoxy groups -OCH3 is 1. The van der Waals surface area contributed by atoms with Gasteiger partial charge in [0.05, 0.1) is 19.7 Å². The first kappa shape index (κ1) is 21.8. The van der Waals surface area contributed by atoms with Gasteiger partial charge in [-0.05, 0) is 18.1 Å². The van der Waals surface area contributed by atoms with Crippen LogP contribution in [-0.4, -0.2) is 64.4 Å². The topological polar surface area (TPSA) is 54.8 Å². The number of amides is 2. The number of carbonyl (C=O) groups excluding carboxylic acids is 2. The number of alkyl halides is 2. The summed E-state index contributed by atoms with van der Waals surface area (Å²) in [6, 6.07) is 3.88. The minimum Gasteiger partial charge on any atom is -0.383 e. The quantitative estimate of drug-likeness (QED) is 0.574. The molecule has 0 bridgehead atoms. The van der Waals surface area contributed by atoms with Crippen LogP contribution in [0.5, 0.6) is 0 Å². The van der Waals surface area contributed by atoms with Crippen molar-refractivity contribution in [1.29, 1.82) is 0 Å². The molecule has 0 saturated carbocycles. The Bertz CT molecular complexity index is 561. The molecule has 0 saturated heterocycles. The fourth-order valence-corrected chi connectivity index (χ4v) is 2.70. The lowest BCUT2D eigenvalue weighted by molar-refractivity contribution is -0.140. The molecule has 1 aromatic heterocycles. The number of carbonyl (C=O) groups is 2. The number of halogens is 2. The minimum atomic E-state index is -1.17. The molecule has 0 fully saturated rings. The van der Waals surface area contributed by atoms with Crippen LogP contribution >= 0.6 is 23.2 Å². The van der Waals surface area contributed by atoms with E-state index in [0.29, 0.717) is 26.2 Å². The van der Waals surface area contributed by atoms with Crippen LogP contribution < -0.4 is 0 Å². The molecule has 0 aromatic carbocycles. The lowest BCUT2D eigenvalue weighted by Crippen LogP contribution is -2.46. The molecule has 25 heavy (non-hydrogen) atoms. The van der Waals surface area contributed by atoms with Crippen LogP contribution in [0.25, 0.3) is 0 Å². The SMILES string of the molecule is COCCN(Cc1cccn1C)C(=O)CN(CC(C)C)C(=O)C(Cl)Cl. The molecule has 0 radical (unpaired) electrons. The van der Waals surface area contributed by atoms with Crippen molar-refractivity contribution in [2.24, 2.45) is 13.0 Å². The van der Waals surface area contributed by atoms with Crippen LogP contribution in [-0.2, 0) is 27.9 Å². The molecule has 0 unspecified atom stereocenters. The monoisotopic (exact) mass is 391 g/mol. The molecule has 0 N–H and O–H groups in total. The number of hydrogen-bond donors (Lipinski definition) is 0. The third-order valence-electron chi connectivity index (χ3n) is 3.73. The zero-order chi connectivity index (χ0) is 19.0. The predicted octanol–water partition coefficient (Wildman–Crippen LogP) is 2.29. The molecule has 8 heteroatoms. The first-order chi connectivity index (χ1) is 11.8. The molecule has 0 aliphatic heterocycles. The summed E-state index contributed by atoms with van der Waals surface area (Å²) in [5, 5.41) is 0. The van der Waals surface area contributed by atoms with Gasteiger partial charge in [0, 0.05) is 39.1 Å². The molecule has 6 nitrogen and oxygen atoms in total. The van der Waals surface area contributed by atoms with Crippen molar-refractivity contribution in [2.45, 2.75) is 25.2 Å². The van der Waals surface area contributed by atoms with E-state index in [1.54, 1.807) is 12.0 Å². The van der Waals surface area contributed by atoms with Crippen molar-refractivity contribution < 1.29 is 14.3 Å². The molecule has 1 heterocycles. The third-order valence-corrected chi connectivity index (χ3v) is 4.11. The van der Waals surface area contributed by atoms with Crippen LogP contribution in [0, 0.1) is 5.92 Å². The molecule has 1 rings (SSSR count). The Balaban J connectivity index is 2.86. The van der Waals surface area contributed by atoms with Gasteiger partial charge in [-0.1, -0.05) is 37.0 Å². The Labute approximate surface area is 159 Å². The fraction of sp³-hybridized carbons (Fsp3) is 0.647. The molecule has 0 spiro atoms. The van der Waals surface area contributed by atoms with E-state index in [1.807, 2.05) is 43.8 Å². The highest BCUT2D eigenvalue weighted by molar-refractivity contribution is 6.53. The standard InChI is InChI=1S/C17H27Cl2N3O3/c1-13(2)10-22(17(24)16(18)19)12-15(23)21(8-9-25-4)11-14-6-5-7-20(14)3/h5-7,13,16H,8-12H2,1-4H3. The van der Waals surface area contributed by atoms with E-state index in [2.05, 4.69) is 0 Å². The summed E-state index contributed by atoms with van der Waals surface area (Å²) in [6.07, 6.45) is 1.93.